The van der Waals surface area contributed by atoms with Crippen molar-refractivity contribution in [3.8, 4) is 11.5 Å². The summed E-state index contributed by atoms with van der Waals surface area (Å²) in [7, 11) is 0. The third kappa shape index (κ3) is 4.14. The lowest BCUT2D eigenvalue weighted by molar-refractivity contribution is 0.0776. The first kappa shape index (κ1) is 18.9. The summed E-state index contributed by atoms with van der Waals surface area (Å²) < 4.78 is 11.3. The van der Waals surface area contributed by atoms with Crippen LogP contribution in [0.5, 0.6) is 11.5 Å². The summed E-state index contributed by atoms with van der Waals surface area (Å²) in [5, 5.41) is 0.401. The molecule has 134 valence electrons. The van der Waals surface area contributed by atoms with Gasteiger partial charge in [0, 0.05) is 18.7 Å². The van der Waals surface area contributed by atoms with Crippen LogP contribution in [-0.2, 0) is 0 Å². The first-order valence-electron chi connectivity index (χ1n) is 8.52. The highest BCUT2D eigenvalue weighted by molar-refractivity contribution is 6.32. The SMILES string of the molecule is CCCOc1c(Cl)cc(C(=O)N2CCC(C)(CN)C2)cc1OCC. The molecule has 1 aromatic carbocycles. The van der Waals surface area contributed by atoms with Gasteiger partial charge in [-0.1, -0.05) is 25.4 Å². The molecule has 1 saturated heterocycles. The van der Waals surface area contributed by atoms with Gasteiger partial charge in [0.2, 0.25) is 0 Å². The summed E-state index contributed by atoms with van der Waals surface area (Å²) >= 11 is 6.34. The molecule has 1 aromatic rings. The maximum absolute atomic E-state index is 12.8. The van der Waals surface area contributed by atoms with Crippen LogP contribution in [0.15, 0.2) is 12.1 Å². The molecule has 1 aliphatic rings. The van der Waals surface area contributed by atoms with E-state index in [9.17, 15) is 4.79 Å². The molecule has 0 radical (unpaired) electrons. The first-order chi connectivity index (χ1) is 11.4. The largest absolute Gasteiger partial charge is 0.490 e. The minimum absolute atomic E-state index is 0.00756. The number of carbonyl (C=O) groups excluding carboxylic acids is 1. The van der Waals surface area contributed by atoms with Crippen LogP contribution in [0.1, 0.15) is 44.0 Å². The second-order valence-electron chi connectivity index (χ2n) is 6.56. The summed E-state index contributed by atoms with van der Waals surface area (Å²) in [6, 6.07) is 3.39. The number of nitrogens with two attached hydrogens (primary N) is 1. The molecule has 0 aromatic heterocycles. The topological polar surface area (TPSA) is 64.8 Å². The van der Waals surface area contributed by atoms with E-state index in [2.05, 4.69) is 6.92 Å². The highest BCUT2D eigenvalue weighted by atomic mass is 35.5. The zero-order valence-corrected chi connectivity index (χ0v) is 15.5. The van der Waals surface area contributed by atoms with Crippen molar-refractivity contribution in [3.05, 3.63) is 22.7 Å². The monoisotopic (exact) mass is 354 g/mol. The van der Waals surface area contributed by atoms with E-state index < -0.39 is 0 Å². The average Bonchev–Trinajstić information content (AvgIpc) is 2.96. The Kier molecular flexibility index (Phi) is 6.35. The lowest BCUT2D eigenvalue weighted by Gasteiger charge is -2.23. The number of halogens is 1. The lowest BCUT2D eigenvalue weighted by atomic mass is 9.90. The molecule has 5 nitrogen and oxygen atoms in total. The van der Waals surface area contributed by atoms with Crippen molar-refractivity contribution in [2.24, 2.45) is 11.1 Å². The first-order valence-corrected chi connectivity index (χ1v) is 8.90. The predicted octanol–water partition coefficient (Wildman–Crippen LogP) is 3.34. The highest BCUT2D eigenvalue weighted by Crippen LogP contribution is 2.38. The fraction of sp³-hybridized carbons (Fsp3) is 0.611. The van der Waals surface area contributed by atoms with Crippen LogP contribution in [0.25, 0.3) is 0 Å². The standard InChI is InChI=1S/C18H27ClN2O3/c1-4-8-24-16-14(19)9-13(10-15(16)23-5-2)17(22)21-7-6-18(3,11-20)12-21/h9-10H,4-8,11-12,20H2,1-3H3. The Morgan fingerprint density at radius 2 is 2.12 bits per heavy atom. The molecule has 1 unspecified atom stereocenters. The van der Waals surface area contributed by atoms with Crippen molar-refractivity contribution >= 4 is 17.5 Å². The maximum Gasteiger partial charge on any atom is 0.254 e. The summed E-state index contributed by atoms with van der Waals surface area (Å²) in [5.41, 5.74) is 6.34. The second-order valence-corrected chi connectivity index (χ2v) is 6.97. The number of benzene rings is 1. The Hall–Kier alpha value is -1.46. The molecule has 1 atom stereocenters. The van der Waals surface area contributed by atoms with Gasteiger partial charge in [-0.3, -0.25) is 4.79 Å². The van der Waals surface area contributed by atoms with Crippen molar-refractivity contribution in [1.82, 2.24) is 4.90 Å². The van der Waals surface area contributed by atoms with E-state index >= 15 is 0 Å². The number of nitrogens with zero attached hydrogens (tertiary/aromatic N) is 1. The molecule has 0 bridgehead atoms. The molecule has 1 aliphatic heterocycles. The third-order valence-electron chi connectivity index (χ3n) is 4.34. The van der Waals surface area contributed by atoms with E-state index in [0.29, 0.717) is 54.9 Å². The van der Waals surface area contributed by atoms with E-state index in [1.54, 1.807) is 12.1 Å². The minimum atomic E-state index is -0.0444. The van der Waals surface area contributed by atoms with Crippen molar-refractivity contribution in [1.29, 1.82) is 0 Å². The Labute approximate surface area is 149 Å². The molecular formula is C18H27ClN2O3. The molecule has 1 amide bonds. The molecule has 2 N–H and O–H groups in total. The van der Waals surface area contributed by atoms with E-state index in [0.717, 1.165) is 12.8 Å². The fourth-order valence-corrected chi connectivity index (χ4v) is 3.11. The van der Waals surface area contributed by atoms with Crippen LogP contribution < -0.4 is 15.2 Å². The van der Waals surface area contributed by atoms with Crippen LogP contribution in [0, 0.1) is 5.41 Å². The smallest absolute Gasteiger partial charge is 0.254 e. The summed E-state index contributed by atoms with van der Waals surface area (Å²) in [6.45, 7) is 9.00. The van der Waals surface area contributed by atoms with Crippen molar-refractivity contribution in [2.75, 3.05) is 32.8 Å². The molecule has 0 aliphatic carbocycles. The van der Waals surface area contributed by atoms with Gasteiger partial charge in [-0.25, -0.2) is 0 Å². The van der Waals surface area contributed by atoms with Gasteiger partial charge in [-0.05, 0) is 43.9 Å². The van der Waals surface area contributed by atoms with Crippen LogP contribution in [0.3, 0.4) is 0 Å². The Morgan fingerprint density at radius 3 is 2.71 bits per heavy atom. The zero-order valence-electron chi connectivity index (χ0n) is 14.7. The Bertz CT molecular complexity index is 594. The van der Waals surface area contributed by atoms with Crippen LogP contribution in [0.4, 0.5) is 0 Å². The number of amides is 1. The van der Waals surface area contributed by atoms with Gasteiger partial charge in [-0.2, -0.15) is 0 Å². The molecule has 1 heterocycles. The third-order valence-corrected chi connectivity index (χ3v) is 4.63. The fourth-order valence-electron chi connectivity index (χ4n) is 2.84. The quantitative estimate of drug-likeness (QED) is 0.815. The molecule has 2 rings (SSSR count). The molecule has 0 spiro atoms. The van der Waals surface area contributed by atoms with E-state index in [1.807, 2.05) is 18.7 Å². The van der Waals surface area contributed by atoms with E-state index in [4.69, 9.17) is 26.8 Å². The molecule has 24 heavy (non-hydrogen) atoms. The average molecular weight is 355 g/mol. The summed E-state index contributed by atoms with van der Waals surface area (Å²) in [5.74, 6) is 0.977. The van der Waals surface area contributed by atoms with Crippen LogP contribution in [-0.4, -0.2) is 43.7 Å². The van der Waals surface area contributed by atoms with Crippen molar-refractivity contribution in [3.63, 3.8) is 0 Å². The zero-order chi connectivity index (χ0) is 17.7. The van der Waals surface area contributed by atoms with Gasteiger partial charge >= 0.3 is 0 Å². The molecule has 6 heteroatoms. The molecule has 0 saturated carbocycles. The molecular weight excluding hydrogens is 328 g/mol. The Morgan fingerprint density at radius 1 is 1.38 bits per heavy atom. The number of ether oxygens (including phenoxy) is 2. The number of rotatable bonds is 7. The van der Waals surface area contributed by atoms with Crippen LogP contribution >= 0.6 is 11.6 Å². The summed E-state index contributed by atoms with van der Waals surface area (Å²) in [6.07, 6.45) is 1.78. The normalized spacial score (nSPS) is 20.3. The van der Waals surface area contributed by atoms with Gasteiger partial charge in [0.05, 0.1) is 18.2 Å². The van der Waals surface area contributed by atoms with Gasteiger partial charge in [0.15, 0.2) is 11.5 Å². The van der Waals surface area contributed by atoms with Gasteiger partial charge in [0.1, 0.15) is 0 Å². The minimum Gasteiger partial charge on any atom is -0.490 e. The number of hydrogen-bond acceptors (Lipinski definition) is 4. The van der Waals surface area contributed by atoms with E-state index in [-0.39, 0.29) is 11.3 Å². The van der Waals surface area contributed by atoms with Gasteiger partial charge in [-0.15, -0.1) is 0 Å². The van der Waals surface area contributed by atoms with Gasteiger partial charge in [0.25, 0.3) is 5.91 Å². The van der Waals surface area contributed by atoms with Gasteiger partial charge < -0.3 is 20.1 Å². The van der Waals surface area contributed by atoms with Crippen molar-refractivity contribution in [2.45, 2.75) is 33.6 Å². The highest BCUT2D eigenvalue weighted by Gasteiger charge is 2.35. The number of hydrogen-bond donors (Lipinski definition) is 1. The van der Waals surface area contributed by atoms with Crippen LogP contribution in [0.2, 0.25) is 5.02 Å². The Balaban J connectivity index is 2.25. The number of likely N-dealkylation sites (tertiary alicyclic amines) is 1. The summed E-state index contributed by atoms with van der Waals surface area (Å²) in [4.78, 5) is 14.6. The van der Waals surface area contributed by atoms with Crippen molar-refractivity contribution < 1.29 is 14.3 Å². The lowest BCUT2D eigenvalue weighted by Crippen LogP contribution is -2.34. The predicted molar refractivity (Wildman–Crippen MR) is 96.1 cm³/mol. The second kappa shape index (κ2) is 8.08. The maximum atomic E-state index is 12.8. The van der Waals surface area contributed by atoms with E-state index in [1.165, 1.54) is 0 Å². The number of carbonyl (C=O) groups is 1. The molecule has 1 fully saturated rings.